The van der Waals surface area contributed by atoms with Crippen molar-refractivity contribution in [1.29, 1.82) is 0 Å². The standard InChI is InChI=1S/C21H31N3O4/c1-13-7-6-8-17(23-13)22-11-12-27-19(25)18-15-9-10-16(14(15)2)24(18)20(26)28-21(3,4)5/h6-8,14-16,18H,9-12H2,1-5H3,(H,22,23)/t14-,15?,16?,18-/m0/s1. The number of aromatic nitrogens is 1. The Kier molecular flexibility index (Phi) is 5.82. The molecule has 0 radical (unpaired) electrons. The summed E-state index contributed by atoms with van der Waals surface area (Å²) in [6.45, 7) is 10.2. The van der Waals surface area contributed by atoms with Crippen LogP contribution in [0.25, 0.3) is 0 Å². The van der Waals surface area contributed by atoms with Crippen LogP contribution in [0, 0.1) is 18.8 Å². The van der Waals surface area contributed by atoms with Crippen molar-refractivity contribution in [1.82, 2.24) is 9.88 Å². The van der Waals surface area contributed by atoms with E-state index in [0.29, 0.717) is 6.54 Å². The van der Waals surface area contributed by atoms with Gasteiger partial charge >= 0.3 is 12.1 Å². The summed E-state index contributed by atoms with van der Waals surface area (Å²) in [6.07, 6.45) is 1.43. The third-order valence-corrected chi connectivity index (χ3v) is 5.53. The van der Waals surface area contributed by atoms with Gasteiger partial charge in [0, 0.05) is 11.7 Å². The minimum Gasteiger partial charge on any atom is -0.462 e. The molecule has 1 saturated carbocycles. The van der Waals surface area contributed by atoms with Gasteiger partial charge < -0.3 is 14.8 Å². The number of piperidine rings is 1. The third-order valence-electron chi connectivity index (χ3n) is 5.53. The number of carbonyl (C=O) groups excluding carboxylic acids is 2. The van der Waals surface area contributed by atoms with Crippen LogP contribution in [0.3, 0.4) is 0 Å². The lowest BCUT2D eigenvalue weighted by molar-refractivity contribution is -0.151. The van der Waals surface area contributed by atoms with Crippen LogP contribution in [0.4, 0.5) is 10.6 Å². The Bertz CT molecular complexity index is 731. The largest absolute Gasteiger partial charge is 0.462 e. The van der Waals surface area contributed by atoms with Crippen LogP contribution in [0.1, 0.15) is 46.2 Å². The zero-order valence-electron chi connectivity index (χ0n) is 17.4. The number of nitrogens with one attached hydrogen (secondary N) is 1. The molecule has 3 rings (SSSR count). The van der Waals surface area contributed by atoms with Gasteiger partial charge in [-0.25, -0.2) is 14.6 Å². The molecule has 2 bridgehead atoms. The molecular weight excluding hydrogens is 358 g/mol. The summed E-state index contributed by atoms with van der Waals surface area (Å²) in [5.74, 6) is 0.819. The van der Waals surface area contributed by atoms with E-state index in [2.05, 4.69) is 17.2 Å². The maximum absolute atomic E-state index is 12.8. The van der Waals surface area contributed by atoms with Crippen LogP contribution in [0.5, 0.6) is 0 Å². The molecule has 2 aliphatic rings. The Morgan fingerprint density at radius 3 is 2.71 bits per heavy atom. The predicted octanol–water partition coefficient (Wildman–Crippen LogP) is 3.38. The summed E-state index contributed by atoms with van der Waals surface area (Å²) < 4.78 is 11.1. The lowest BCUT2D eigenvalue weighted by Crippen LogP contribution is -2.51. The maximum atomic E-state index is 12.8. The van der Waals surface area contributed by atoms with Crippen molar-refractivity contribution in [3.8, 4) is 0 Å². The molecule has 0 aromatic carbocycles. The van der Waals surface area contributed by atoms with E-state index < -0.39 is 17.7 Å². The van der Waals surface area contributed by atoms with Crippen LogP contribution in [0.15, 0.2) is 18.2 Å². The van der Waals surface area contributed by atoms with Gasteiger partial charge in [-0.05, 0) is 64.5 Å². The monoisotopic (exact) mass is 389 g/mol. The zero-order chi connectivity index (χ0) is 20.5. The number of pyridine rings is 1. The topological polar surface area (TPSA) is 80.8 Å². The minimum atomic E-state index is -0.596. The molecule has 0 spiro atoms. The summed E-state index contributed by atoms with van der Waals surface area (Å²) in [5, 5.41) is 3.15. The molecule has 1 amide bonds. The second kappa shape index (κ2) is 7.97. The van der Waals surface area contributed by atoms with Crippen LogP contribution in [-0.2, 0) is 14.3 Å². The quantitative estimate of drug-likeness (QED) is 0.614. The highest BCUT2D eigenvalue weighted by Crippen LogP contribution is 2.47. The van der Waals surface area contributed by atoms with Crippen LogP contribution in [0.2, 0.25) is 0 Å². The highest BCUT2D eigenvalue weighted by Gasteiger charge is 2.57. The summed E-state index contributed by atoms with van der Waals surface area (Å²) >= 11 is 0. The maximum Gasteiger partial charge on any atom is 0.411 e. The van der Waals surface area contributed by atoms with E-state index in [1.165, 1.54) is 0 Å². The molecule has 1 N–H and O–H groups in total. The van der Waals surface area contributed by atoms with E-state index in [4.69, 9.17) is 9.47 Å². The van der Waals surface area contributed by atoms with E-state index >= 15 is 0 Å². The number of rotatable bonds is 5. The first-order chi connectivity index (χ1) is 13.2. The van der Waals surface area contributed by atoms with Gasteiger partial charge in [0.1, 0.15) is 24.1 Å². The molecule has 28 heavy (non-hydrogen) atoms. The van der Waals surface area contributed by atoms with Crippen LogP contribution in [-0.4, -0.2) is 52.8 Å². The fourth-order valence-corrected chi connectivity index (χ4v) is 4.33. The Morgan fingerprint density at radius 1 is 1.29 bits per heavy atom. The number of likely N-dealkylation sites (tertiary alicyclic amines) is 1. The van der Waals surface area contributed by atoms with Gasteiger partial charge in [0.2, 0.25) is 0 Å². The van der Waals surface area contributed by atoms with E-state index in [-0.39, 0.29) is 30.5 Å². The molecule has 1 aliphatic carbocycles. The molecule has 7 heteroatoms. The van der Waals surface area contributed by atoms with Crippen LogP contribution >= 0.6 is 0 Å². The average Bonchev–Trinajstić information content (AvgIpc) is 3.10. The molecule has 1 aliphatic heterocycles. The molecule has 1 saturated heterocycles. The van der Waals surface area contributed by atoms with E-state index in [1.807, 2.05) is 45.9 Å². The Labute approximate surface area is 166 Å². The highest BCUT2D eigenvalue weighted by molar-refractivity contribution is 5.83. The number of hydrogen-bond donors (Lipinski definition) is 1. The summed E-state index contributed by atoms with van der Waals surface area (Å²) in [6, 6.07) is 5.21. The minimum absolute atomic E-state index is 0.0482. The van der Waals surface area contributed by atoms with Crippen molar-refractivity contribution in [2.24, 2.45) is 11.8 Å². The Morgan fingerprint density at radius 2 is 2.04 bits per heavy atom. The van der Waals surface area contributed by atoms with Crippen molar-refractivity contribution >= 4 is 17.9 Å². The molecule has 2 unspecified atom stereocenters. The number of carbonyl (C=O) groups is 2. The second-order valence-electron chi connectivity index (χ2n) is 8.76. The molecule has 1 aromatic rings. The van der Waals surface area contributed by atoms with Gasteiger partial charge in [0.15, 0.2) is 0 Å². The van der Waals surface area contributed by atoms with Gasteiger partial charge in [0.25, 0.3) is 0 Å². The van der Waals surface area contributed by atoms with Gasteiger partial charge in [-0.1, -0.05) is 13.0 Å². The number of amides is 1. The fraction of sp³-hybridized carbons (Fsp3) is 0.667. The first-order valence-corrected chi connectivity index (χ1v) is 10.0. The molecule has 2 fully saturated rings. The molecule has 1 aromatic heterocycles. The molecule has 4 atom stereocenters. The fourth-order valence-electron chi connectivity index (χ4n) is 4.33. The van der Waals surface area contributed by atoms with Crippen LogP contribution < -0.4 is 5.32 Å². The van der Waals surface area contributed by atoms with E-state index in [1.54, 1.807) is 4.90 Å². The molecular formula is C21H31N3O4. The van der Waals surface area contributed by atoms with Crippen molar-refractivity contribution in [2.45, 2.75) is 65.1 Å². The average molecular weight is 389 g/mol. The number of nitrogens with zero attached hydrogens (tertiary/aromatic N) is 2. The van der Waals surface area contributed by atoms with E-state index in [0.717, 1.165) is 24.4 Å². The van der Waals surface area contributed by atoms with Crippen molar-refractivity contribution in [3.05, 3.63) is 23.9 Å². The number of anilines is 1. The summed E-state index contributed by atoms with van der Waals surface area (Å²) in [7, 11) is 0. The predicted molar refractivity (Wildman–Crippen MR) is 106 cm³/mol. The molecule has 2 heterocycles. The van der Waals surface area contributed by atoms with Crippen molar-refractivity contribution in [3.63, 3.8) is 0 Å². The SMILES string of the molecule is Cc1cccc(NCCOC(=O)[C@@H]2C3CCC([C@H]3C)N2C(=O)OC(C)(C)C)n1. The first-order valence-electron chi connectivity index (χ1n) is 10.0. The number of esters is 1. The lowest BCUT2D eigenvalue weighted by atomic mass is 9.93. The second-order valence-corrected chi connectivity index (χ2v) is 8.76. The Hall–Kier alpha value is -2.31. The van der Waals surface area contributed by atoms with Crippen molar-refractivity contribution < 1.29 is 19.1 Å². The third kappa shape index (κ3) is 4.39. The number of fused-ring (bicyclic) bond motifs is 2. The van der Waals surface area contributed by atoms with E-state index in [9.17, 15) is 9.59 Å². The smallest absolute Gasteiger partial charge is 0.411 e. The lowest BCUT2D eigenvalue weighted by Gasteiger charge is -2.35. The number of hydrogen-bond acceptors (Lipinski definition) is 6. The van der Waals surface area contributed by atoms with Gasteiger partial charge in [-0.3, -0.25) is 4.90 Å². The molecule has 7 nitrogen and oxygen atoms in total. The normalized spacial score (nSPS) is 26.2. The highest BCUT2D eigenvalue weighted by atomic mass is 16.6. The number of ether oxygens (including phenoxy) is 2. The number of aryl methyl sites for hydroxylation is 1. The Balaban J connectivity index is 1.58. The first kappa shape index (κ1) is 20.4. The van der Waals surface area contributed by atoms with Gasteiger partial charge in [-0.2, -0.15) is 0 Å². The summed E-state index contributed by atoms with van der Waals surface area (Å²) in [5.41, 5.74) is 0.326. The molecule has 154 valence electrons. The van der Waals surface area contributed by atoms with Crippen molar-refractivity contribution in [2.75, 3.05) is 18.5 Å². The van der Waals surface area contributed by atoms with Gasteiger partial charge in [-0.15, -0.1) is 0 Å². The zero-order valence-corrected chi connectivity index (χ0v) is 17.4. The summed E-state index contributed by atoms with van der Waals surface area (Å²) in [4.78, 5) is 31.5. The van der Waals surface area contributed by atoms with Gasteiger partial charge in [0.05, 0.1) is 6.54 Å².